The Morgan fingerprint density at radius 1 is 1.00 bits per heavy atom. The molecule has 0 radical (unpaired) electrons. The molecule has 0 spiro atoms. The molecule has 0 atom stereocenters. The quantitative estimate of drug-likeness (QED) is 0.771. The number of sulfonamides is 1. The maximum absolute atomic E-state index is 11.5. The Morgan fingerprint density at radius 3 is 2.12 bits per heavy atom. The second-order valence-electron chi connectivity index (χ2n) is 3.85. The maximum Gasteiger partial charge on any atom is 0.215 e. The number of nitrogens with one attached hydrogen (secondary N) is 2. The molecule has 17 heavy (non-hydrogen) atoms. The molecule has 0 saturated heterocycles. The third kappa shape index (κ3) is 5.30. The van der Waals surface area contributed by atoms with Crippen molar-refractivity contribution in [2.45, 2.75) is 26.1 Å². The molecule has 1 aromatic rings. The van der Waals surface area contributed by atoms with Gasteiger partial charge in [-0.2, -0.15) is 0 Å². The van der Waals surface area contributed by atoms with Crippen molar-refractivity contribution in [3.8, 4) is 0 Å². The van der Waals surface area contributed by atoms with Crippen LogP contribution in [0, 0.1) is 0 Å². The SMILES string of the molecule is CCNCc1ccc(CS(=O)(=O)NCC)cc1. The topological polar surface area (TPSA) is 58.2 Å². The van der Waals surface area contributed by atoms with E-state index in [0.717, 1.165) is 24.2 Å². The van der Waals surface area contributed by atoms with E-state index in [1.165, 1.54) is 0 Å². The van der Waals surface area contributed by atoms with E-state index in [4.69, 9.17) is 0 Å². The van der Waals surface area contributed by atoms with Crippen LogP contribution < -0.4 is 10.0 Å². The van der Waals surface area contributed by atoms with Crippen LogP contribution in [0.1, 0.15) is 25.0 Å². The molecule has 0 aliphatic rings. The van der Waals surface area contributed by atoms with Crippen molar-refractivity contribution < 1.29 is 8.42 Å². The Hall–Kier alpha value is -0.910. The van der Waals surface area contributed by atoms with Crippen molar-refractivity contribution in [2.24, 2.45) is 0 Å². The zero-order chi connectivity index (χ0) is 12.7. The molecule has 1 rings (SSSR count). The molecule has 5 heteroatoms. The zero-order valence-electron chi connectivity index (χ0n) is 10.4. The number of rotatable bonds is 7. The van der Waals surface area contributed by atoms with Gasteiger partial charge in [0.25, 0.3) is 0 Å². The molecule has 0 heterocycles. The van der Waals surface area contributed by atoms with Gasteiger partial charge in [-0.15, -0.1) is 0 Å². The summed E-state index contributed by atoms with van der Waals surface area (Å²) < 4.78 is 25.5. The number of hydrogen-bond acceptors (Lipinski definition) is 3. The minimum atomic E-state index is -3.18. The van der Waals surface area contributed by atoms with E-state index in [9.17, 15) is 8.42 Å². The molecule has 0 bridgehead atoms. The van der Waals surface area contributed by atoms with Crippen LogP contribution in [0.25, 0.3) is 0 Å². The highest BCUT2D eigenvalue weighted by Crippen LogP contribution is 2.07. The lowest BCUT2D eigenvalue weighted by Crippen LogP contribution is -2.24. The van der Waals surface area contributed by atoms with Gasteiger partial charge in [0.2, 0.25) is 10.0 Å². The maximum atomic E-state index is 11.5. The second kappa shape index (κ2) is 6.74. The third-order valence-corrected chi connectivity index (χ3v) is 3.76. The molecule has 0 aliphatic carbocycles. The Balaban J connectivity index is 2.62. The summed E-state index contributed by atoms with van der Waals surface area (Å²) in [6, 6.07) is 7.64. The average molecular weight is 256 g/mol. The lowest BCUT2D eigenvalue weighted by molar-refractivity contribution is 0.583. The first kappa shape index (κ1) is 14.2. The Labute approximate surface area is 103 Å². The van der Waals surface area contributed by atoms with Crippen LogP contribution in [0.3, 0.4) is 0 Å². The first-order valence-electron chi connectivity index (χ1n) is 5.83. The highest BCUT2D eigenvalue weighted by Gasteiger charge is 2.09. The Morgan fingerprint density at radius 2 is 1.59 bits per heavy atom. The van der Waals surface area contributed by atoms with Crippen LogP contribution in [-0.2, 0) is 22.3 Å². The highest BCUT2D eigenvalue weighted by atomic mass is 32.2. The second-order valence-corrected chi connectivity index (χ2v) is 5.66. The van der Waals surface area contributed by atoms with Gasteiger partial charge < -0.3 is 5.32 Å². The lowest BCUT2D eigenvalue weighted by Gasteiger charge is -2.06. The van der Waals surface area contributed by atoms with E-state index in [0.29, 0.717) is 6.54 Å². The normalized spacial score (nSPS) is 11.6. The van der Waals surface area contributed by atoms with Crippen molar-refractivity contribution in [3.05, 3.63) is 35.4 Å². The first-order valence-corrected chi connectivity index (χ1v) is 7.48. The fourth-order valence-electron chi connectivity index (χ4n) is 1.51. The molecule has 0 saturated carbocycles. The fraction of sp³-hybridized carbons (Fsp3) is 0.500. The van der Waals surface area contributed by atoms with E-state index >= 15 is 0 Å². The van der Waals surface area contributed by atoms with Gasteiger partial charge in [0, 0.05) is 13.1 Å². The van der Waals surface area contributed by atoms with E-state index in [1.54, 1.807) is 6.92 Å². The predicted octanol–water partition coefficient (Wildman–Crippen LogP) is 1.24. The van der Waals surface area contributed by atoms with Crippen LogP contribution in [0.5, 0.6) is 0 Å². The molecular weight excluding hydrogens is 236 g/mol. The summed E-state index contributed by atoms with van der Waals surface area (Å²) in [5.74, 6) is 0.0440. The fourth-order valence-corrected chi connectivity index (χ4v) is 2.69. The van der Waals surface area contributed by atoms with Crippen LogP contribution in [0.4, 0.5) is 0 Å². The molecule has 0 fully saturated rings. The van der Waals surface area contributed by atoms with E-state index in [2.05, 4.69) is 17.0 Å². The van der Waals surface area contributed by atoms with Gasteiger partial charge in [0.05, 0.1) is 5.75 Å². The zero-order valence-corrected chi connectivity index (χ0v) is 11.2. The van der Waals surface area contributed by atoms with Gasteiger partial charge >= 0.3 is 0 Å². The summed E-state index contributed by atoms with van der Waals surface area (Å²) in [5.41, 5.74) is 1.97. The number of hydrogen-bond donors (Lipinski definition) is 2. The summed E-state index contributed by atoms with van der Waals surface area (Å²) in [4.78, 5) is 0. The van der Waals surface area contributed by atoms with E-state index in [-0.39, 0.29) is 5.75 Å². The van der Waals surface area contributed by atoms with E-state index in [1.807, 2.05) is 24.3 Å². The molecule has 2 N–H and O–H groups in total. The molecule has 96 valence electrons. The smallest absolute Gasteiger partial charge is 0.215 e. The standard InChI is InChI=1S/C12H20N2O2S/c1-3-13-9-11-5-7-12(8-6-11)10-17(15,16)14-4-2/h5-8,13-14H,3-4,9-10H2,1-2H3. The molecule has 1 aromatic carbocycles. The van der Waals surface area contributed by atoms with Crippen molar-refractivity contribution in [1.82, 2.24) is 10.0 Å². The van der Waals surface area contributed by atoms with Crippen LogP contribution in [-0.4, -0.2) is 21.5 Å². The van der Waals surface area contributed by atoms with Crippen LogP contribution >= 0.6 is 0 Å². The van der Waals surface area contributed by atoms with Gasteiger partial charge in [0.15, 0.2) is 0 Å². The first-order chi connectivity index (χ1) is 8.07. The van der Waals surface area contributed by atoms with E-state index < -0.39 is 10.0 Å². The molecule has 0 aliphatic heterocycles. The largest absolute Gasteiger partial charge is 0.313 e. The van der Waals surface area contributed by atoms with Crippen LogP contribution in [0.15, 0.2) is 24.3 Å². The summed E-state index contributed by atoms with van der Waals surface area (Å²) in [5, 5.41) is 3.22. The minimum absolute atomic E-state index is 0.0440. The van der Waals surface area contributed by atoms with Crippen molar-refractivity contribution >= 4 is 10.0 Å². The molecule has 0 aromatic heterocycles. The van der Waals surface area contributed by atoms with Gasteiger partial charge in [0.1, 0.15) is 0 Å². The lowest BCUT2D eigenvalue weighted by atomic mass is 10.1. The summed E-state index contributed by atoms with van der Waals surface area (Å²) in [6.45, 7) is 6.00. The van der Waals surface area contributed by atoms with Gasteiger partial charge in [-0.25, -0.2) is 13.1 Å². The summed E-state index contributed by atoms with van der Waals surface area (Å²) in [6.07, 6.45) is 0. The van der Waals surface area contributed by atoms with Crippen molar-refractivity contribution in [2.75, 3.05) is 13.1 Å². The minimum Gasteiger partial charge on any atom is -0.313 e. The van der Waals surface area contributed by atoms with Crippen molar-refractivity contribution in [3.63, 3.8) is 0 Å². The predicted molar refractivity (Wildman–Crippen MR) is 70.1 cm³/mol. The number of benzene rings is 1. The molecular formula is C12H20N2O2S. The third-order valence-electron chi connectivity index (χ3n) is 2.32. The van der Waals surface area contributed by atoms with Gasteiger partial charge in [-0.1, -0.05) is 38.1 Å². The van der Waals surface area contributed by atoms with Gasteiger partial charge in [-0.05, 0) is 17.7 Å². The Bertz CT molecular complexity index is 426. The average Bonchev–Trinajstić information content (AvgIpc) is 2.27. The van der Waals surface area contributed by atoms with Crippen molar-refractivity contribution in [1.29, 1.82) is 0 Å². The molecule has 0 amide bonds. The highest BCUT2D eigenvalue weighted by molar-refractivity contribution is 7.88. The molecule has 0 unspecified atom stereocenters. The van der Waals surface area contributed by atoms with Crippen LogP contribution in [0.2, 0.25) is 0 Å². The Kier molecular flexibility index (Phi) is 5.61. The monoisotopic (exact) mass is 256 g/mol. The summed E-state index contributed by atoms with van der Waals surface area (Å²) >= 11 is 0. The molecule has 4 nitrogen and oxygen atoms in total. The van der Waals surface area contributed by atoms with Gasteiger partial charge in [-0.3, -0.25) is 0 Å². The summed E-state index contributed by atoms with van der Waals surface area (Å²) in [7, 11) is -3.18.